The Labute approximate surface area is 133 Å². The van der Waals surface area contributed by atoms with Crippen molar-refractivity contribution in [3.8, 4) is 5.75 Å². The summed E-state index contributed by atoms with van der Waals surface area (Å²) in [6.45, 7) is 0.721. The lowest BCUT2D eigenvalue weighted by Gasteiger charge is -2.22. The summed E-state index contributed by atoms with van der Waals surface area (Å²) in [5.41, 5.74) is 5.48. The van der Waals surface area contributed by atoms with E-state index in [1.54, 1.807) is 25.1 Å². The lowest BCUT2D eigenvalue weighted by atomic mass is 9.98. The maximum absolute atomic E-state index is 12.4. The number of nitrogens with one attached hydrogen (secondary N) is 2. The Balaban J connectivity index is 2.75. The summed E-state index contributed by atoms with van der Waals surface area (Å²) < 4.78 is 29.1. The zero-order valence-electron chi connectivity index (χ0n) is 13.0. The van der Waals surface area contributed by atoms with Crippen LogP contribution in [0.3, 0.4) is 0 Å². The molecule has 0 bridgehead atoms. The van der Waals surface area contributed by atoms with Crippen LogP contribution in [0.2, 0.25) is 0 Å². The van der Waals surface area contributed by atoms with Crippen molar-refractivity contribution < 1.29 is 23.1 Å². The third-order valence-electron chi connectivity index (χ3n) is 3.43. The summed E-state index contributed by atoms with van der Waals surface area (Å²) in [6.07, 6.45) is 0.656. The lowest BCUT2D eigenvalue weighted by molar-refractivity contribution is -0.124. The fourth-order valence-corrected chi connectivity index (χ4v) is 2.01. The highest BCUT2D eigenvalue weighted by molar-refractivity contribution is 5.86. The van der Waals surface area contributed by atoms with E-state index in [9.17, 15) is 18.4 Å². The smallest absolute Gasteiger partial charge is 0.387 e. The summed E-state index contributed by atoms with van der Waals surface area (Å²) in [4.78, 5) is 23.2. The van der Waals surface area contributed by atoms with Gasteiger partial charge < -0.3 is 21.1 Å². The zero-order valence-corrected chi connectivity index (χ0v) is 13.0. The molecule has 128 valence electrons. The predicted molar refractivity (Wildman–Crippen MR) is 80.9 cm³/mol. The molecule has 1 rings (SSSR count). The summed E-state index contributed by atoms with van der Waals surface area (Å²) in [5.74, 6) is -0.578. The van der Waals surface area contributed by atoms with Crippen molar-refractivity contribution in [2.24, 2.45) is 11.7 Å². The fraction of sp³-hybridized carbons (Fsp3) is 0.467. The molecule has 0 unspecified atom stereocenters. The number of benzene rings is 1. The van der Waals surface area contributed by atoms with Gasteiger partial charge >= 0.3 is 12.6 Å². The molecule has 23 heavy (non-hydrogen) atoms. The van der Waals surface area contributed by atoms with Gasteiger partial charge in [-0.15, -0.1) is 0 Å². The van der Waals surface area contributed by atoms with E-state index in [4.69, 9.17) is 5.73 Å². The second-order valence-electron chi connectivity index (χ2n) is 5.08. The molecule has 0 spiro atoms. The van der Waals surface area contributed by atoms with Crippen molar-refractivity contribution in [1.82, 2.24) is 10.6 Å². The Morgan fingerprint density at radius 2 is 1.96 bits per heavy atom. The van der Waals surface area contributed by atoms with Crippen LogP contribution in [0.1, 0.15) is 25.8 Å². The van der Waals surface area contributed by atoms with Crippen LogP contribution < -0.4 is 21.1 Å². The molecule has 8 heteroatoms. The van der Waals surface area contributed by atoms with Crippen molar-refractivity contribution in [3.05, 3.63) is 29.8 Å². The number of carbonyl (C=O) groups excluding carboxylic acids is 2. The molecule has 0 fully saturated rings. The van der Waals surface area contributed by atoms with E-state index in [1.165, 1.54) is 6.07 Å². The first kappa shape index (κ1) is 18.7. The van der Waals surface area contributed by atoms with Crippen molar-refractivity contribution in [1.29, 1.82) is 0 Å². The topological polar surface area (TPSA) is 93.5 Å². The SMILES string of the molecule is CC[C@H](C)[C@@H](NC(N)=O)C(=O)NCc1ccccc1OC(F)F. The van der Waals surface area contributed by atoms with Crippen LogP contribution in [0, 0.1) is 5.92 Å². The Morgan fingerprint density at radius 1 is 1.30 bits per heavy atom. The number of nitrogens with two attached hydrogens (primary N) is 1. The molecule has 0 aliphatic carbocycles. The number of para-hydroxylation sites is 1. The number of amides is 3. The number of halogens is 2. The molecule has 4 N–H and O–H groups in total. The number of alkyl halides is 2. The quantitative estimate of drug-likeness (QED) is 0.681. The molecule has 0 radical (unpaired) electrons. The number of ether oxygens (including phenoxy) is 1. The van der Waals surface area contributed by atoms with Crippen LogP contribution in [-0.4, -0.2) is 24.6 Å². The monoisotopic (exact) mass is 329 g/mol. The Bertz CT molecular complexity index is 540. The van der Waals surface area contributed by atoms with Gasteiger partial charge in [-0.25, -0.2) is 4.79 Å². The Morgan fingerprint density at radius 3 is 2.52 bits per heavy atom. The van der Waals surface area contributed by atoms with E-state index in [0.29, 0.717) is 12.0 Å². The van der Waals surface area contributed by atoms with Crippen molar-refractivity contribution in [2.75, 3.05) is 0 Å². The highest BCUT2D eigenvalue weighted by atomic mass is 19.3. The van der Waals surface area contributed by atoms with Crippen LogP contribution >= 0.6 is 0 Å². The number of primary amides is 1. The van der Waals surface area contributed by atoms with Gasteiger partial charge in [0.1, 0.15) is 11.8 Å². The van der Waals surface area contributed by atoms with Gasteiger partial charge in [-0.2, -0.15) is 8.78 Å². The average molecular weight is 329 g/mol. The molecule has 0 heterocycles. The first-order chi connectivity index (χ1) is 10.8. The molecule has 2 atom stereocenters. The normalized spacial score (nSPS) is 13.3. The van der Waals surface area contributed by atoms with Gasteiger partial charge in [-0.05, 0) is 12.0 Å². The molecule has 0 aromatic heterocycles. The molecule has 0 saturated carbocycles. The molecule has 0 saturated heterocycles. The maximum atomic E-state index is 12.4. The van der Waals surface area contributed by atoms with Gasteiger partial charge in [0.25, 0.3) is 0 Å². The first-order valence-corrected chi connectivity index (χ1v) is 7.21. The highest BCUT2D eigenvalue weighted by Crippen LogP contribution is 2.20. The van der Waals surface area contributed by atoms with Crippen molar-refractivity contribution >= 4 is 11.9 Å². The number of urea groups is 1. The van der Waals surface area contributed by atoms with E-state index in [1.807, 2.05) is 6.92 Å². The molecular formula is C15H21F2N3O3. The Hall–Kier alpha value is -2.38. The largest absolute Gasteiger partial charge is 0.434 e. The average Bonchev–Trinajstić information content (AvgIpc) is 2.50. The van der Waals surface area contributed by atoms with E-state index < -0.39 is 24.6 Å². The minimum absolute atomic E-state index is 0.00486. The summed E-state index contributed by atoms with van der Waals surface area (Å²) in [7, 11) is 0. The van der Waals surface area contributed by atoms with Crippen LogP contribution in [0.25, 0.3) is 0 Å². The van der Waals surface area contributed by atoms with Crippen LogP contribution in [0.15, 0.2) is 24.3 Å². The van der Waals surface area contributed by atoms with E-state index in [2.05, 4.69) is 15.4 Å². The molecule has 6 nitrogen and oxygen atoms in total. The summed E-state index contributed by atoms with van der Waals surface area (Å²) >= 11 is 0. The molecule has 0 aliphatic heterocycles. The molecule has 1 aromatic carbocycles. The molecule has 1 aromatic rings. The summed E-state index contributed by atoms with van der Waals surface area (Å²) in [5, 5.41) is 4.99. The molecular weight excluding hydrogens is 308 g/mol. The number of hydrogen-bond acceptors (Lipinski definition) is 3. The third-order valence-corrected chi connectivity index (χ3v) is 3.43. The number of carbonyl (C=O) groups is 2. The van der Waals surface area contributed by atoms with Gasteiger partial charge in [-0.1, -0.05) is 38.5 Å². The molecule has 0 aliphatic rings. The second-order valence-corrected chi connectivity index (χ2v) is 5.08. The third kappa shape index (κ3) is 6.09. The summed E-state index contributed by atoms with van der Waals surface area (Å²) in [6, 6.07) is 4.57. The number of rotatable bonds is 8. The van der Waals surface area contributed by atoms with Crippen molar-refractivity contribution in [3.63, 3.8) is 0 Å². The lowest BCUT2D eigenvalue weighted by Crippen LogP contribution is -2.51. The Kier molecular flexibility index (Phi) is 7.24. The minimum Gasteiger partial charge on any atom is -0.434 e. The van der Waals surface area contributed by atoms with E-state index >= 15 is 0 Å². The standard InChI is InChI=1S/C15H21F2N3O3/c1-3-9(2)12(20-15(18)22)13(21)19-8-10-6-4-5-7-11(10)23-14(16)17/h4-7,9,12,14H,3,8H2,1-2H3,(H,19,21)(H3,18,20,22)/t9-,12+/m0/s1. The van der Waals surface area contributed by atoms with Crippen molar-refractivity contribution in [2.45, 2.75) is 39.5 Å². The van der Waals surface area contributed by atoms with Crippen LogP contribution in [0.4, 0.5) is 13.6 Å². The highest BCUT2D eigenvalue weighted by Gasteiger charge is 2.25. The predicted octanol–water partition coefficient (Wildman–Crippen LogP) is 1.99. The number of hydrogen-bond donors (Lipinski definition) is 3. The van der Waals surface area contributed by atoms with Gasteiger partial charge in [-0.3, -0.25) is 4.79 Å². The van der Waals surface area contributed by atoms with Crippen LogP contribution in [-0.2, 0) is 11.3 Å². The minimum atomic E-state index is -2.95. The van der Waals surface area contributed by atoms with Crippen LogP contribution in [0.5, 0.6) is 5.75 Å². The maximum Gasteiger partial charge on any atom is 0.387 e. The van der Waals surface area contributed by atoms with Gasteiger partial charge in [0.15, 0.2) is 0 Å². The van der Waals surface area contributed by atoms with Gasteiger partial charge in [0.05, 0.1) is 0 Å². The van der Waals surface area contributed by atoms with E-state index in [0.717, 1.165) is 0 Å². The van der Waals surface area contributed by atoms with Gasteiger partial charge in [0, 0.05) is 12.1 Å². The zero-order chi connectivity index (χ0) is 17.4. The molecule has 3 amide bonds. The fourth-order valence-electron chi connectivity index (χ4n) is 2.01. The second kappa shape index (κ2) is 8.92. The first-order valence-electron chi connectivity index (χ1n) is 7.21. The van der Waals surface area contributed by atoms with Gasteiger partial charge in [0.2, 0.25) is 5.91 Å². The van der Waals surface area contributed by atoms with E-state index in [-0.39, 0.29) is 18.2 Å².